The number of hydrogen-bond donors (Lipinski definition) is 0. The van der Waals surface area contributed by atoms with Gasteiger partial charge in [0.05, 0.1) is 19.3 Å². The van der Waals surface area contributed by atoms with Crippen LogP contribution in [0.2, 0.25) is 0 Å². The zero-order chi connectivity index (χ0) is 21.0. The molecule has 2 fully saturated rings. The molecular formula is C19H29N3O6S. The lowest BCUT2D eigenvalue weighted by Gasteiger charge is -2.40. The van der Waals surface area contributed by atoms with Gasteiger partial charge in [-0.2, -0.15) is 17.0 Å². The van der Waals surface area contributed by atoms with Crippen molar-refractivity contribution < 1.29 is 27.4 Å². The average molecular weight is 428 g/mol. The van der Waals surface area contributed by atoms with Crippen LogP contribution in [0.1, 0.15) is 13.8 Å². The molecule has 29 heavy (non-hydrogen) atoms. The van der Waals surface area contributed by atoms with Gasteiger partial charge in [-0.05, 0) is 26.0 Å². The molecule has 0 N–H and O–H groups in total. The molecule has 10 heteroatoms. The van der Waals surface area contributed by atoms with Gasteiger partial charge >= 0.3 is 0 Å². The first kappa shape index (κ1) is 21.8. The molecule has 2 heterocycles. The largest absolute Gasteiger partial charge is 0.493 e. The van der Waals surface area contributed by atoms with Gasteiger partial charge in [0.2, 0.25) is 0 Å². The molecule has 1 aromatic rings. The minimum Gasteiger partial charge on any atom is -0.493 e. The van der Waals surface area contributed by atoms with Crippen molar-refractivity contribution in [2.45, 2.75) is 26.1 Å². The van der Waals surface area contributed by atoms with Gasteiger partial charge in [-0.15, -0.1) is 0 Å². The molecule has 2 saturated heterocycles. The number of piperazine rings is 1. The second kappa shape index (κ2) is 9.29. The molecule has 2 aliphatic heterocycles. The standard InChI is InChI=1S/C19H29N3O6S/c1-15-12-22(13-16(2)28-15)29(24,25)21-10-8-20(9-11-21)19(23)14-27-18-7-5-4-6-17(18)26-3/h4-7,15-16H,8-14H2,1-3H3/t15-,16+. The van der Waals surface area contributed by atoms with E-state index in [1.54, 1.807) is 30.2 Å². The van der Waals surface area contributed by atoms with Gasteiger partial charge in [0.15, 0.2) is 18.1 Å². The summed E-state index contributed by atoms with van der Waals surface area (Å²) in [4.78, 5) is 14.1. The van der Waals surface area contributed by atoms with Gasteiger partial charge in [-0.1, -0.05) is 12.1 Å². The molecule has 0 radical (unpaired) electrons. The number of para-hydroxylation sites is 2. The summed E-state index contributed by atoms with van der Waals surface area (Å²) in [5, 5.41) is 0. The Morgan fingerprint density at radius 1 is 1.03 bits per heavy atom. The van der Waals surface area contributed by atoms with Gasteiger partial charge in [0.25, 0.3) is 16.1 Å². The quantitative estimate of drug-likeness (QED) is 0.660. The fourth-order valence-electron chi connectivity index (χ4n) is 3.62. The molecule has 2 atom stereocenters. The average Bonchev–Trinajstić information content (AvgIpc) is 2.71. The Kier molecular flexibility index (Phi) is 6.99. The Bertz CT molecular complexity index is 800. The summed E-state index contributed by atoms with van der Waals surface area (Å²) in [5.41, 5.74) is 0. The van der Waals surface area contributed by atoms with Crippen molar-refractivity contribution in [1.82, 2.24) is 13.5 Å². The summed E-state index contributed by atoms with van der Waals surface area (Å²) in [6, 6.07) is 7.13. The van der Waals surface area contributed by atoms with Crippen LogP contribution in [-0.4, -0.2) is 93.0 Å². The normalized spacial score (nSPS) is 24.3. The Hall–Kier alpha value is -1.88. The zero-order valence-electron chi connectivity index (χ0n) is 17.1. The number of hydrogen-bond acceptors (Lipinski definition) is 6. The number of nitrogens with zero attached hydrogens (tertiary/aromatic N) is 3. The van der Waals surface area contributed by atoms with E-state index in [1.165, 1.54) is 8.61 Å². The maximum Gasteiger partial charge on any atom is 0.282 e. The van der Waals surface area contributed by atoms with Gasteiger partial charge < -0.3 is 19.1 Å². The van der Waals surface area contributed by atoms with Crippen LogP contribution in [0.5, 0.6) is 11.5 Å². The highest BCUT2D eigenvalue weighted by molar-refractivity contribution is 7.86. The number of carbonyl (C=O) groups is 1. The van der Waals surface area contributed by atoms with Gasteiger partial charge in [0.1, 0.15) is 0 Å². The molecule has 0 bridgehead atoms. The summed E-state index contributed by atoms with van der Waals surface area (Å²) in [5.74, 6) is 0.881. The predicted octanol–water partition coefficient (Wildman–Crippen LogP) is 0.572. The van der Waals surface area contributed by atoms with Crippen molar-refractivity contribution in [3.8, 4) is 11.5 Å². The molecule has 0 spiro atoms. The third-order valence-corrected chi connectivity index (χ3v) is 7.02. The van der Waals surface area contributed by atoms with Gasteiger partial charge in [0, 0.05) is 39.3 Å². The lowest BCUT2D eigenvalue weighted by atomic mass is 10.3. The number of morpholine rings is 1. The van der Waals surface area contributed by atoms with E-state index in [1.807, 2.05) is 19.9 Å². The van der Waals surface area contributed by atoms with E-state index < -0.39 is 10.2 Å². The van der Waals surface area contributed by atoms with Crippen molar-refractivity contribution in [2.75, 3.05) is 53.0 Å². The summed E-state index contributed by atoms with van der Waals surface area (Å²) in [6.07, 6.45) is -0.271. The maximum atomic E-state index is 12.9. The fraction of sp³-hybridized carbons (Fsp3) is 0.632. The number of carbonyl (C=O) groups excluding carboxylic acids is 1. The summed E-state index contributed by atoms with van der Waals surface area (Å²) in [6.45, 7) is 5.52. The first-order chi connectivity index (χ1) is 13.8. The van der Waals surface area contributed by atoms with E-state index in [0.717, 1.165) is 0 Å². The van der Waals surface area contributed by atoms with E-state index in [4.69, 9.17) is 14.2 Å². The predicted molar refractivity (Wildman–Crippen MR) is 107 cm³/mol. The molecule has 0 unspecified atom stereocenters. The highest BCUT2D eigenvalue weighted by atomic mass is 32.2. The Morgan fingerprint density at radius 2 is 1.62 bits per heavy atom. The molecule has 0 aliphatic carbocycles. The topological polar surface area (TPSA) is 88.6 Å². The first-order valence-corrected chi connectivity index (χ1v) is 11.1. The van der Waals surface area contributed by atoms with Gasteiger partial charge in [-0.3, -0.25) is 4.79 Å². The molecule has 162 valence electrons. The fourth-order valence-corrected chi connectivity index (χ4v) is 5.37. The van der Waals surface area contributed by atoms with E-state index in [9.17, 15) is 13.2 Å². The van der Waals surface area contributed by atoms with E-state index in [-0.39, 0.29) is 37.8 Å². The van der Waals surface area contributed by atoms with Crippen LogP contribution in [0, 0.1) is 0 Å². The van der Waals surface area contributed by atoms with Crippen LogP contribution in [0.25, 0.3) is 0 Å². The van der Waals surface area contributed by atoms with E-state index in [2.05, 4.69) is 0 Å². The molecular weight excluding hydrogens is 398 g/mol. The smallest absolute Gasteiger partial charge is 0.282 e. The minimum absolute atomic E-state index is 0.119. The number of amides is 1. The summed E-state index contributed by atoms with van der Waals surface area (Å²) < 4.78 is 45.2. The lowest BCUT2D eigenvalue weighted by Crippen LogP contribution is -2.58. The van der Waals surface area contributed by atoms with Crippen LogP contribution in [0.4, 0.5) is 0 Å². The van der Waals surface area contributed by atoms with Crippen molar-refractivity contribution >= 4 is 16.1 Å². The number of ether oxygens (including phenoxy) is 3. The third kappa shape index (κ3) is 5.19. The number of methoxy groups -OCH3 is 1. The van der Waals surface area contributed by atoms with Crippen LogP contribution >= 0.6 is 0 Å². The molecule has 1 aromatic carbocycles. The van der Waals surface area contributed by atoms with Crippen LogP contribution in [-0.2, 0) is 19.7 Å². The third-order valence-electron chi connectivity index (χ3n) is 5.05. The van der Waals surface area contributed by atoms with Crippen molar-refractivity contribution in [3.05, 3.63) is 24.3 Å². The van der Waals surface area contributed by atoms with Crippen LogP contribution in [0.15, 0.2) is 24.3 Å². The molecule has 2 aliphatic rings. The molecule has 0 saturated carbocycles. The molecule has 0 aromatic heterocycles. The second-order valence-corrected chi connectivity index (χ2v) is 9.23. The Morgan fingerprint density at radius 3 is 2.21 bits per heavy atom. The van der Waals surface area contributed by atoms with E-state index >= 15 is 0 Å². The SMILES string of the molecule is COc1ccccc1OCC(=O)N1CCN(S(=O)(=O)N2C[C@@H](C)O[C@@H](C)C2)CC1. The number of benzene rings is 1. The van der Waals surface area contributed by atoms with Gasteiger partial charge in [-0.25, -0.2) is 0 Å². The monoisotopic (exact) mass is 427 g/mol. The lowest BCUT2D eigenvalue weighted by molar-refractivity contribution is -0.134. The molecule has 1 amide bonds. The maximum absolute atomic E-state index is 12.9. The highest BCUT2D eigenvalue weighted by Gasteiger charge is 2.37. The summed E-state index contributed by atoms with van der Waals surface area (Å²) >= 11 is 0. The minimum atomic E-state index is -3.56. The number of rotatable bonds is 6. The molecule has 9 nitrogen and oxygen atoms in total. The van der Waals surface area contributed by atoms with Crippen LogP contribution in [0.3, 0.4) is 0 Å². The molecule has 3 rings (SSSR count). The second-order valence-electron chi connectivity index (χ2n) is 7.30. The summed E-state index contributed by atoms with van der Waals surface area (Å²) in [7, 11) is -2.02. The highest BCUT2D eigenvalue weighted by Crippen LogP contribution is 2.26. The van der Waals surface area contributed by atoms with Crippen molar-refractivity contribution in [2.24, 2.45) is 0 Å². The van der Waals surface area contributed by atoms with Crippen molar-refractivity contribution in [1.29, 1.82) is 0 Å². The van der Waals surface area contributed by atoms with Crippen LogP contribution < -0.4 is 9.47 Å². The Balaban J connectivity index is 1.52. The Labute approximate surface area is 172 Å². The van der Waals surface area contributed by atoms with E-state index in [0.29, 0.717) is 37.7 Å². The zero-order valence-corrected chi connectivity index (χ0v) is 17.9. The first-order valence-electron chi connectivity index (χ1n) is 9.75. The van der Waals surface area contributed by atoms with Crippen molar-refractivity contribution in [3.63, 3.8) is 0 Å².